The number of hydrogen-bond acceptors (Lipinski definition) is 4. The fraction of sp³-hybridized carbons (Fsp3) is 0.368. The van der Waals surface area contributed by atoms with E-state index in [1.54, 1.807) is 19.2 Å². The van der Waals surface area contributed by atoms with E-state index in [0.717, 1.165) is 29.8 Å². The van der Waals surface area contributed by atoms with Crippen LogP contribution in [0.3, 0.4) is 0 Å². The number of aromatic nitrogens is 1. The van der Waals surface area contributed by atoms with Gasteiger partial charge in [0.1, 0.15) is 12.3 Å². The molecule has 0 spiro atoms. The molecule has 0 fully saturated rings. The summed E-state index contributed by atoms with van der Waals surface area (Å²) in [4.78, 5) is 8.81. The second-order valence-corrected chi connectivity index (χ2v) is 5.79. The number of aliphatic imine (C=N–C) groups is 1. The molecule has 1 aromatic heterocycles. The largest absolute Gasteiger partial charge is 0.429 e. The molecule has 1 aromatic carbocycles. The molecule has 0 bridgehead atoms. The van der Waals surface area contributed by atoms with Crippen LogP contribution in [0.15, 0.2) is 41.5 Å². The van der Waals surface area contributed by atoms with E-state index in [2.05, 4.69) is 9.98 Å². The monoisotopic (exact) mass is 348 g/mol. The van der Waals surface area contributed by atoms with E-state index in [9.17, 15) is 8.78 Å². The minimum absolute atomic E-state index is 0.0633. The molecule has 1 N–H and O–H groups in total. The number of alkyl halides is 2. The smallest absolute Gasteiger partial charge is 0.421 e. The number of benzene rings is 1. The zero-order chi connectivity index (χ0) is 18.4. The number of halogens is 2. The molecule has 0 radical (unpaired) electrons. The lowest BCUT2D eigenvalue weighted by Gasteiger charge is -2.19. The van der Waals surface area contributed by atoms with Crippen molar-refractivity contribution in [3.63, 3.8) is 0 Å². The highest BCUT2D eigenvalue weighted by Gasteiger charge is 2.32. The summed E-state index contributed by atoms with van der Waals surface area (Å²) in [6, 6.07) is 8.63. The van der Waals surface area contributed by atoms with E-state index < -0.39 is 12.7 Å². The standard InChI is InChI=1S/C19H22F2N2O2/c1-4-7-13(2)23-18-14(3)15(16-8-5-6-11-22-16)9-10-17(18)25-19(20,21)12-24/h5-6,8-11,24H,4,7,12H2,1-3H3. The quantitative estimate of drug-likeness (QED) is 0.723. The van der Waals surface area contributed by atoms with E-state index >= 15 is 0 Å². The molecule has 2 rings (SSSR count). The first-order chi connectivity index (χ1) is 11.9. The van der Waals surface area contributed by atoms with Crippen molar-refractivity contribution in [1.82, 2.24) is 4.98 Å². The minimum Gasteiger partial charge on any atom is -0.429 e. The first-order valence-electron chi connectivity index (χ1n) is 8.15. The molecule has 0 aliphatic carbocycles. The predicted octanol–water partition coefficient (Wildman–Crippen LogP) is 4.91. The lowest BCUT2D eigenvalue weighted by molar-refractivity contribution is -0.200. The average molecular weight is 348 g/mol. The van der Waals surface area contributed by atoms with Crippen LogP contribution in [0.4, 0.5) is 14.5 Å². The van der Waals surface area contributed by atoms with Crippen molar-refractivity contribution in [3.05, 3.63) is 42.1 Å². The van der Waals surface area contributed by atoms with Crippen LogP contribution in [0.1, 0.15) is 32.3 Å². The second-order valence-electron chi connectivity index (χ2n) is 5.79. The third-order valence-corrected chi connectivity index (χ3v) is 3.69. The van der Waals surface area contributed by atoms with E-state index in [0.29, 0.717) is 11.3 Å². The second kappa shape index (κ2) is 8.16. The first-order valence-corrected chi connectivity index (χ1v) is 8.15. The topological polar surface area (TPSA) is 54.7 Å². The molecule has 1 heterocycles. The van der Waals surface area contributed by atoms with Crippen molar-refractivity contribution in [2.24, 2.45) is 4.99 Å². The Kier molecular flexibility index (Phi) is 6.20. The van der Waals surface area contributed by atoms with Crippen molar-refractivity contribution >= 4 is 11.4 Å². The molecule has 0 saturated carbocycles. The number of hydrogen-bond donors (Lipinski definition) is 1. The zero-order valence-electron chi connectivity index (χ0n) is 14.6. The lowest BCUT2D eigenvalue weighted by Crippen LogP contribution is -2.29. The summed E-state index contributed by atoms with van der Waals surface area (Å²) in [5.74, 6) is -0.0633. The van der Waals surface area contributed by atoms with Gasteiger partial charge in [0, 0.05) is 17.5 Å². The molecule has 0 saturated heterocycles. The molecule has 0 aliphatic heterocycles. The maximum absolute atomic E-state index is 13.5. The Hall–Kier alpha value is -2.34. The van der Waals surface area contributed by atoms with Crippen molar-refractivity contribution in [3.8, 4) is 17.0 Å². The summed E-state index contributed by atoms with van der Waals surface area (Å²) in [5.41, 5.74) is 3.37. The van der Waals surface area contributed by atoms with Gasteiger partial charge in [-0.1, -0.05) is 19.4 Å². The molecule has 0 unspecified atom stereocenters. The molecule has 0 amide bonds. The third kappa shape index (κ3) is 4.82. The molecule has 0 atom stereocenters. The predicted molar refractivity (Wildman–Crippen MR) is 94.7 cm³/mol. The summed E-state index contributed by atoms with van der Waals surface area (Å²) in [5, 5.41) is 8.79. The highest BCUT2D eigenvalue weighted by Crippen LogP contribution is 2.39. The Bertz CT molecular complexity index is 747. The van der Waals surface area contributed by atoms with Crippen LogP contribution in [0.2, 0.25) is 0 Å². The summed E-state index contributed by atoms with van der Waals surface area (Å²) >= 11 is 0. The zero-order valence-corrected chi connectivity index (χ0v) is 14.6. The summed E-state index contributed by atoms with van der Waals surface area (Å²) < 4.78 is 31.8. The molecule has 4 nitrogen and oxygen atoms in total. The average Bonchev–Trinajstić information content (AvgIpc) is 2.59. The van der Waals surface area contributed by atoms with Crippen LogP contribution >= 0.6 is 0 Å². The van der Waals surface area contributed by atoms with Crippen molar-refractivity contribution < 1.29 is 18.6 Å². The van der Waals surface area contributed by atoms with Gasteiger partial charge in [0.15, 0.2) is 5.75 Å². The van der Waals surface area contributed by atoms with Gasteiger partial charge in [-0.3, -0.25) is 9.98 Å². The molecule has 0 aliphatic rings. The summed E-state index contributed by atoms with van der Waals surface area (Å²) in [7, 11) is 0. The van der Waals surface area contributed by atoms with E-state index in [-0.39, 0.29) is 5.75 Å². The Morgan fingerprint density at radius 1 is 1.28 bits per heavy atom. The maximum Gasteiger partial charge on any atom is 0.421 e. The van der Waals surface area contributed by atoms with E-state index in [1.165, 1.54) is 6.07 Å². The van der Waals surface area contributed by atoms with Crippen LogP contribution in [-0.4, -0.2) is 28.5 Å². The highest BCUT2D eigenvalue weighted by atomic mass is 19.3. The normalized spacial score (nSPS) is 12.3. The SMILES string of the molecule is CCCC(C)=Nc1c(OC(F)(F)CO)ccc(-c2ccccn2)c1C. The van der Waals surface area contributed by atoms with Crippen LogP contribution in [0, 0.1) is 6.92 Å². The van der Waals surface area contributed by atoms with E-state index in [1.807, 2.05) is 32.0 Å². The van der Waals surface area contributed by atoms with Gasteiger partial charge in [-0.25, -0.2) is 0 Å². The van der Waals surface area contributed by atoms with Gasteiger partial charge in [-0.05, 0) is 50.1 Å². The Labute approximate surface area is 146 Å². The van der Waals surface area contributed by atoms with Gasteiger partial charge in [0.05, 0.1) is 5.69 Å². The van der Waals surface area contributed by atoms with Crippen LogP contribution in [0.5, 0.6) is 5.75 Å². The van der Waals surface area contributed by atoms with Gasteiger partial charge in [-0.15, -0.1) is 0 Å². The summed E-state index contributed by atoms with van der Waals surface area (Å²) in [6.07, 6.45) is -0.341. The van der Waals surface area contributed by atoms with Crippen molar-refractivity contribution in [1.29, 1.82) is 0 Å². The first kappa shape index (κ1) is 19.0. The minimum atomic E-state index is -3.66. The van der Waals surface area contributed by atoms with Gasteiger partial charge in [0.25, 0.3) is 0 Å². The van der Waals surface area contributed by atoms with Gasteiger partial charge in [0.2, 0.25) is 0 Å². The number of aliphatic hydroxyl groups excluding tert-OH is 1. The third-order valence-electron chi connectivity index (χ3n) is 3.69. The van der Waals surface area contributed by atoms with Crippen LogP contribution in [-0.2, 0) is 0 Å². The Morgan fingerprint density at radius 3 is 2.64 bits per heavy atom. The fourth-order valence-electron chi connectivity index (χ4n) is 2.50. The van der Waals surface area contributed by atoms with Gasteiger partial charge >= 0.3 is 6.11 Å². The van der Waals surface area contributed by atoms with Gasteiger partial charge < -0.3 is 9.84 Å². The lowest BCUT2D eigenvalue weighted by atomic mass is 10.0. The van der Waals surface area contributed by atoms with Crippen LogP contribution in [0.25, 0.3) is 11.3 Å². The van der Waals surface area contributed by atoms with Gasteiger partial charge in [-0.2, -0.15) is 8.78 Å². The Morgan fingerprint density at radius 2 is 2.04 bits per heavy atom. The molecule has 25 heavy (non-hydrogen) atoms. The number of pyridine rings is 1. The number of nitrogens with zero attached hydrogens (tertiary/aromatic N) is 2. The fourth-order valence-corrected chi connectivity index (χ4v) is 2.50. The van der Waals surface area contributed by atoms with Crippen molar-refractivity contribution in [2.45, 2.75) is 39.7 Å². The molecule has 6 heteroatoms. The number of aliphatic hydroxyl groups is 1. The molecular formula is C19H22F2N2O2. The molecular weight excluding hydrogens is 326 g/mol. The summed E-state index contributed by atoms with van der Waals surface area (Å²) in [6.45, 7) is 4.27. The highest BCUT2D eigenvalue weighted by molar-refractivity contribution is 5.87. The Balaban J connectivity index is 2.57. The van der Waals surface area contributed by atoms with Crippen molar-refractivity contribution in [2.75, 3.05) is 6.61 Å². The molecule has 134 valence electrons. The van der Waals surface area contributed by atoms with E-state index in [4.69, 9.17) is 9.84 Å². The van der Waals surface area contributed by atoms with Crippen LogP contribution < -0.4 is 4.74 Å². The number of ether oxygens (including phenoxy) is 1. The molecule has 2 aromatic rings. The number of rotatable bonds is 7. The maximum atomic E-state index is 13.5.